The number of aryl methyl sites for hydroxylation is 2. The van der Waals surface area contributed by atoms with E-state index in [2.05, 4.69) is 62.5 Å². The topological polar surface area (TPSA) is 12.0 Å². The summed E-state index contributed by atoms with van der Waals surface area (Å²) >= 11 is 1.96. The predicted molar refractivity (Wildman–Crippen MR) is 89.7 cm³/mol. The molecule has 1 unspecified atom stereocenters. The Hall–Kier alpha value is -1.12. The molecule has 0 bridgehead atoms. The van der Waals surface area contributed by atoms with Crippen molar-refractivity contribution in [1.29, 1.82) is 0 Å². The fraction of sp³-hybridized carbons (Fsp3) is 0.444. The first kappa shape index (κ1) is 15.3. The van der Waals surface area contributed by atoms with Crippen molar-refractivity contribution in [1.82, 2.24) is 5.32 Å². The number of hydrogen-bond acceptors (Lipinski definition) is 2. The van der Waals surface area contributed by atoms with Crippen LogP contribution in [-0.2, 0) is 19.3 Å². The summed E-state index contributed by atoms with van der Waals surface area (Å²) in [6, 6.07) is 14.0. The molecule has 0 spiro atoms. The molecule has 0 saturated heterocycles. The first-order valence-electron chi connectivity index (χ1n) is 7.57. The van der Waals surface area contributed by atoms with E-state index in [1.807, 2.05) is 11.3 Å². The lowest BCUT2D eigenvalue weighted by molar-refractivity contribution is 0.524. The van der Waals surface area contributed by atoms with Crippen LogP contribution in [0.2, 0.25) is 0 Å². The minimum atomic E-state index is 0.533. The van der Waals surface area contributed by atoms with E-state index < -0.39 is 0 Å². The summed E-state index contributed by atoms with van der Waals surface area (Å²) in [5.74, 6) is 0. The van der Waals surface area contributed by atoms with Crippen LogP contribution in [0, 0.1) is 6.92 Å². The molecule has 2 aromatic rings. The summed E-state index contributed by atoms with van der Waals surface area (Å²) in [6.45, 7) is 7.61. The van der Waals surface area contributed by atoms with Crippen LogP contribution >= 0.6 is 11.3 Å². The van der Waals surface area contributed by atoms with E-state index in [-0.39, 0.29) is 0 Å². The minimum absolute atomic E-state index is 0.533. The Labute approximate surface area is 127 Å². The first-order valence-corrected chi connectivity index (χ1v) is 8.39. The van der Waals surface area contributed by atoms with Crippen molar-refractivity contribution in [3.8, 4) is 0 Å². The van der Waals surface area contributed by atoms with Gasteiger partial charge in [0.05, 0.1) is 0 Å². The van der Waals surface area contributed by atoms with E-state index in [4.69, 9.17) is 0 Å². The van der Waals surface area contributed by atoms with Crippen molar-refractivity contribution in [2.24, 2.45) is 0 Å². The molecule has 0 aliphatic carbocycles. The van der Waals surface area contributed by atoms with Gasteiger partial charge in [0, 0.05) is 15.8 Å². The standard InChI is InChI=1S/C18H25NS/c1-4-17-9-10-18(20-17)13-16(19-5-2)12-15-8-6-7-14(3)11-15/h6-11,16,19H,4-5,12-13H2,1-3H3. The number of likely N-dealkylation sites (N-methyl/N-ethyl adjacent to an activating group) is 1. The highest BCUT2D eigenvalue weighted by atomic mass is 32.1. The highest BCUT2D eigenvalue weighted by Crippen LogP contribution is 2.19. The van der Waals surface area contributed by atoms with Crippen LogP contribution in [0.25, 0.3) is 0 Å². The van der Waals surface area contributed by atoms with Gasteiger partial charge in [-0.2, -0.15) is 0 Å². The smallest absolute Gasteiger partial charge is 0.0156 e. The zero-order valence-corrected chi connectivity index (χ0v) is 13.6. The largest absolute Gasteiger partial charge is 0.314 e. The van der Waals surface area contributed by atoms with E-state index in [0.29, 0.717) is 6.04 Å². The van der Waals surface area contributed by atoms with Gasteiger partial charge in [0.25, 0.3) is 0 Å². The third kappa shape index (κ3) is 4.46. The second-order valence-corrected chi connectivity index (χ2v) is 6.63. The second kappa shape index (κ2) is 7.61. The molecule has 1 nitrogen and oxygen atoms in total. The zero-order valence-electron chi connectivity index (χ0n) is 12.8. The number of hydrogen-bond donors (Lipinski definition) is 1. The van der Waals surface area contributed by atoms with Crippen molar-refractivity contribution >= 4 is 11.3 Å². The molecule has 1 N–H and O–H groups in total. The second-order valence-electron chi connectivity index (χ2n) is 5.37. The summed E-state index contributed by atoms with van der Waals surface area (Å²) in [7, 11) is 0. The molecule has 20 heavy (non-hydrogen) atoms. The minimum Gasteiger partial charge on any atom is -0.314 e. The van der Waals surface area contributed by atoms with E-state index >= 15 is 0 Å². The average Bonchev–Trinajstić information content (AvgIpc) is 2.87. The van der Waals surface area contributed by atoms with Crippen molar-refractivity contribution in [2.45, 2.75) is 46.1 Å². The lowest BCUT2D eigenvalue weighted by Crippen LogP contribution is -2.32. The van der Waals surface area contributed by atoms with E-state index in [9.17, 15) is 0 Å². The molecular weight excluding hydrogens is 262 g/mol. The van der Waals surface area contributed by atoms with Crippen LogP contribution < -0.4 is 5.32 Å². The van der Waals surface area contributed by atoms with Crippen LogP contribution in [0.5, 0.6) is 0 Å². The van der Waals surface area contributed by atoms with Crippen LogP contribution in [0.3, 0.4) is 0 Å². The Balaban J connectivity index is 2.02. The van der Waals surface area contributed by atoms with E-state index in [0.717, 1.165) is 25.8 Å². The van der Waals surface area contributed by atoms with Crippen molar-refractivity contribution in [2.75, 3.05) is 6.54 Å². The maximum atomic E-state index is 3.63. The third-order valence-electron chi connectivity index (χ3n) is 3.57. The third-order valence-corrected chi connectivity index (χ3v) is 4.82. The summed E-state index contributed by atoms with van der Waals surface area (Å²) in [6.07, 6.45) is 3.38. The predicted octanol–water partition coefficient (Wildman–Crippen LogP) is 4.38. The van der Waals surface area contributed by atoms with Gasteiger partial charge in [-0.05, 0) is 50.4 Å². The van der Waals surface area contributed by atoms with Gasteiger partial charge in [-0.3, -0.25) is 0 Å². The maximum Gasteiger partial charge on any atom is 0.0156 e. The van der Waals surface area contributed by atoms with Crippen molar-refractivity contribution in [3.63, 3.8) is 0 Å². The molecule has 0 fully saturated rings. The van der Waals surface area contributed by atoms with E-state index in [1.165, 1.54) is 20.9 Å². The number of nitrogens with one attached hydrogen (secondary N) is 1. The highest BCUT2D eigenvalue weighted by molar-refractivity contribution is 7.11. The van der Waals surface area contributed by atoms with Gasteiger partial charge < -0.3 is 5.32 Å². The van der Waals surface area contributed by atoms with Crippen LogP contribution in [0.4, 0.5) is 0 Å². The Morgan fingerprint density at radius 3 is 2.50 bits per heavy atom. The molecule has 1 aromatic carbocycles. The van der Waals surface area contributed by atoms with Gasteiger partial charge in [0.1, 0.15) is 0 Å². The van der Waals surface area contributed by atoms with Crippen molar-refractivity contribution in [3.05, 3.63) is 57.3 Å². The monoisotopic (exact) mass is 287 g/mol. The molecule has 0 saturated carbocycles. The summed E-state index contributed by atoms with van der Waals surface area (Å²) in [5, 5.41) is 3.63. The van der Waals surface area contributed by atoms with Crippen molar-refractivity contribution < 1.29 is 0 Å². The molecule has 1 atom stereocenters. The number of benzene rings is 1. The molecule has 0 amide bonds. The first-order chi connectivity index (χ1) is 9.71. The SMILES string of the molecule is CCNC(Cc1cccc(C)c1)Cc1ccc(CC)s1. The lowest BCUT2D eigenvalue weighted by atomic mass is 10.0. The Morgan fingerprint density at radius 2 is 1.85 bits per heavy atom. The molecule has 0 aliphatic heterocycles. The van der Waals surface area contributed by atoms with Gasteiger partial charge in [-0.15, -0.1) is 11.3 Å². The molecule has 1 heterocycles. The van der Waals surface area contributed by atoms with Crippen LogP contribution in [0.15, 0.2) is 36.4 Å². The van der Waals surface area contributed by atoms with Gasteiger partial charge in [0.15, 0.2) is 0 Å². The van der Waals surface area contributed by atoms with Crippen LogP contribution in [-0.4, -0.2) is 12.6 Å². The summed E-state index contributed by atoms with van der Waals surface area (Å²) < 4.78 is 0. The maximum absolute atomic E-state index is 3.63. The molecule has 1 aromatic heterocycles. The number of thiophene rings is 1. The normalized spacial score (nSPS) is 12.6. The zero-order chi connectivity index (χ0) is 14.4. The molecule has 108 valence electrons. The Morgan fingerprint density at radius 1 is 1.05 bits per heavy atom. The van der Waals surface area contributed by atoms with Gasteiger partial charge in [-0.25, -0.2) is 0 Å². The molecule has 0 aliphatic rings. The molecular formula is C18H25NS. The summed E-state index contributed by atoms with van der Waals surface area (Å²) in [4.78, 5) is 2.99. The highest BCUT2D eigenvalue weighted by Gasteiger charge is 2.11. The Bertz CT molecular complexity index is 530. The van der Waals surface area contributed by atoms with Gasteiger partial charge in [-0.1, -0.05) is 43.7 Å². The quantitative estimate of drug-likeness (QED) is 0.797. The van der Waals surface area contributed by atoms with Gasteiger partial charge >= 0.3 is 0 Å². The fourth-order valence-electron chi connectivity index (χ4n) is 2.59. The van der Waals surface area contributed by atoms with Gasteiger partial charge in [0.2, 0.25) is 0 Å². The average molecular weight is 287 g/mol. The molecule has 0 radical (unpaired) electrons. The lowest BCUT2D eigenvalue weighted by Gasteiger charge is -2.17. The van der Waals surface area contributed by atoms with E-state index in [1.54, 1.807) is 0 Å². The number of rotatable bonds is 7. The molecule has 2 rings (SSSR count). The fourth-order valence-corrected chi connectivity index (χ4v) is 3.63. The Kier molecular flexibility index (Phi) is 5.81. The summed E-state index contributed by atoms with van der Waals surface area (Å²) in [5.41, 5.74) is 2.78. The van der Waals surface area contributed by atoms with Crippen LogP contribution in [0.1, 0.15) is 34.7 Å². The molecule has 2 heteroatoms.